The lowest BCUT2D eigenvalue weighted by Gasteiger charge is -2.37. The molecule has 2 aromatic carbocycles. The number of H-pyrrole nitrogens is 1. The molecule has 36 heavy (non-hydrogen) atoms. The minimum atomic E-state index is 0.114. The number of aromatic amines is 1. The van der Waals surface area contributed by atoms with Crippen molar-refractivity contribution in [3.8, 4) is 11.3 Å². The Balaban J connectivity index is 1.40. The van der Waals surface area contributed by atoms with E-state index in [9.17, 15) is 0 Å². The third-order valence-corrected chi connectivity index (χ3v) is 8.56. The van der Waals surface area contributed by atoms with Crippen molar-refractivity contribution in [3.05, 3.63) is 82.8 Å². The number of aromatic nitrogens is 2. The molecule has 188 valence electrons. The summed E-state index contributed by atoms with van der Waals surface area (Å²) in [4.78, 5) is 8.12. The lowest BCUT2D eigenvalue weighted by Crippen LogP contribution is -2.29. The summed E-state index contributed by atoms with van der Waals surface area (Å²) in [6.07, 6.45) is 8.93. The summed E-state index contributed by atoms with van der Waals surface area (Å²) in [6, 6.07) is 15.6. The third kappa shape index (κ3) is 4.35. The van der Waals surface area contributed by atoms with E-state index in [-0.39, 0.29) is 12.0 Å². The van der Waals surface area contributed by atoms with Crippen molar-refractivity contribution in [3.63, 3.8) is 0 Å². The second-order valence-corrected chi connectivity index (χ2v) is 10.6. The van der Waals surface area contributed by atoms with E-state index in [1.165, 1.54) is 27.8 Å². The smallest absolute Gasteiger partial charge is 0.120 e. The van der Waals surface area contributed by atoms with Crippen LogP contribution in [0.4, 0.5) is 0 Å². The van der Waals surface area contributed by atoms with E-state index in [2.05, 4.69) is 84.6 Å². The van der Waals surface area contributed by atoms with Gasteiger partial charge >= 0.3 is 0 Å². The van der Waals surface area contributed by atoms with Gasteiger partial charge < -0.3 is 21.4 Å². The van der Waals surface area contributed by atoms with Gasteiger partial charge in [0, 0.05) is 6.54 Å². The molecule has 1 heterocycles. The van der Waals surface area contributed by atoms with Crippen LogP contribution in [0.25, 0.3) is 16.8 Å². The summed E-state index contributed by atoms with van der Waals surface area (Å²) in [5, 5.41) is 11.4. The molecule has 2 aliphatic carbocycles. The molecule has 5 nitrogen and oxygen atoms in total. The molecular formula is C31H39N5. The predicted molar refractivity (Wildman–Crippen MR) is 149 cm³/mol. The Morgan fingerprint density at radius 1 is 1.19 bits per heavy atom. The maximum absolute atomic E-state index is 8.02. The molecule has 5 N–H and O–H groups in total. The molecule has 1 aromatic heterocycles. The highest BCUT2D eigenvalue weighted by molar-refractivity contribution is 5.99. The quantitative estimate of drug-likeness (QED) is 0.218. The van der Waals surface area contributed by atoms with Crippen molar-refractivity contribution < 1.29 is 0 Å². The maximum atomic E-state index is 8.02. The van der Waals surface area contributed by atoms with Gasteiger partial charge in [-0.25, -0.2) is 4.98 Å². The standard InChI is InChI=1S/C31H39N5/c1-4-14-34-19-30-35-18-29(36-30)23-11-13-25-24-12-10-22(15-26(24)31(3,5-2)27(25)16-23)20-6-8-21(9-7-20)28(33)17-32/h6-9,11-13,16,18,22,26,33-34H,4-5,10,14-15,17,19,32H2,1-3H3,(H,35,36). The van der Waals surface area contributed by atoms with Crippen molar-refractivity contribution in [1.29, 1.82) is 5.41 Å². The van der Waals surface area contributed by atoms with Crippen LogP contribution in [0.2, 0.25) is 0 Å². The molecule has 0 saturated heterocycles. The number of imidazole rings is 1. The molecule has 5 rings (SSSR count). The summed E-state index contributed by atoms with van der Waals surface area (Å²) in [7, 11) is 0. The Morgan fingerprint density at radius 3 is 2.72 bits per heavy atom. The topological polar surface area (TPSA) is 90.6 Å². The van der Waals surface area contributed by atoms with Gasteiger partial charge in [0.15, 0.2) is 0 Å². The largest absolute Gasteiger partial charge is 0.341 e. The first kappa shape index (κ1) is 24.7. The van der Waals surface area contributed by atoms with Crippen LogP contribution in [0.15, 0.2) is 54.7 Å². The summed E-state index contributed by atoms with van der Waals surface area (Å²) in [5.74, 6) is 2.01. The molecule has 3 aromatic rings. The fraction of sp³-hybridized carbons (Fsp3) is 0.419. The first-order chi connectivity index (χ1) is 17.5. The number of fused-ring (bicyclic) bond motifs is 3. The first-order valence-electron chi connectivity index (χ1n) is 13.5. The molecule has 3 atom stereocenters. The van der Waals surface area contributed by atoms with Crippen LogP contribution in [-0.2, 0) is 12.0 Å². The molecule has 3 unspecified atom stereocenters. The van der Waals surface area contributed by atoms with Crippen molar-refractivity contribution >= 4 is 11.3 Å². The summed E-state index contributed by atoms with van der Waals surface area (Å²) in [5.41, 5.74) is 15.3. The lowest BCUT2D eigenvalue weighted by molar-refractivity contribution is 0.318. The number of hydrogen-bond acceptors (Lipinski definition) is 4. The molecule has 0 aliphatic heterocycles. The minimum Gasteiger partial charge on any atom is -0.341 e. The fourth-order valence-corrected chi connectivity index (χ4v) is 6.21. The van der Waals surface area contributed by atoms with Gasteiger partial charge in [-0.1, -0.05) is 63.2 Å². The minimum absolute atomic E-state index is 0.114. The van der Waals surface area contributed by atoms with Gasteiger partial charge in [-0.15, -0.1) is 0 Å². The van der Waals surface area contributed by atoms with Crippen LogP contribution < -0.4 is 11.1 Å². The van der Waals surface area contributed by atoms with E-state index in [0.29, 0.717) is 17.5 Å². The zero-order chi connectivity index (χ0) is 25.3. The molecule has 0 spiro atoms. The second-order valence-electron chi connectivity index (χ2n) is 10.6. The van der Waals surface area contributed by atoms with E-state index in [0.717, 1.165) is 55.9 Å². The van der Waals surface area contributed by atoms with Crippen molar-refractivity contribution in [2.75, 3.05) is 13.1 Å². The zero-order valence-corrected chi connectivity index (χ0v) is 21.8. The highest BCUT2D eigenvalue weighted by Gasteiger charge is 2.47. The average Bonchev–Trinajstić information content (AvgIpc) is 3.49. The van der Waals surface area contributed by atoms with E-state index >= 15 is 0 Å². The van der Waals surface area contributed by atoms with Gasteiger partial charge in [-0.3, -0.25) is 0 Å². The highest BCUT2D eigenvalue weighted by Crippen LogP contribution is 2.58. The van der Waals surface area contributed by atoms with E-state index in [1.807, 2.05) is 6.20 Å². The SMILES string of the molecule is CCCNCc1ncc(-c2ccc3c(c2)C(C)(CC)C2CC(c4ccc(C(=N)CN)cc4)CC=C32)[nH]1. The van der Waals surface area contributed by atoms with Gasteiger partial charge in [0.2, 0.25) is 0 Å². The molecule has 2 aliphatic rings. The first-order valence-corrected chi connectivity index (χ1v) is 13.5. The number of benzene rings is 2. The van der Waals surface area contributed by atoms with Crippen LogP contribution in [0.5, 0.6) is 0 Å². The van der Waals surface area contributed by atoms with Crippen LogP contribution in [0, 0.1) is 11.3 Å². The predicted octanol–water partition coefficient (Wildman–Crippen LogP) is 6.16. The number of nitrogens with zero attached hydrogens (tertiary/aromatic N) is 1. The van der Waals surface area contributed by atoms with Crippen LogP contribution in [-0.4, -0.2) is 28.8 Å². The Morgan fingerprint density at radius 2 is 2.00 bits per heavy atom. The summed E-state index contributed by atoms with van der Waals surface area (Å²) < 4.78 is 0. The zero-order valence-electron chi connectivity index (χ0n) is 21.8. The van der Waals surface area contributed by atoms with Gasteiger partial charge in [-0.05, 0) is 88.9 Å². The van der Waals surface area contributed by atoms with Crippen LogP contribution in [0.3, 0.4) is 0 Å². The monoisotopic (exact) mass is 481 g/mol. The number of hydrogen-bond donors (Lipinski definition) is 4. The van der Waals surface area contributed by atoms with Crippen LogP contribution >= 0.6 is 0 Å². The molecule has 5 heteroatoms. The summed E-state index contributed by atoms with van der Waals surface area (Å²) >= 11 is 0. The Hall–Kier alpha value is -3.02. The van der Waals surface area contributed by atoms with Crippen molar-refractivity contribution in [2.45, 2.75) is 64.3 Å². The number of rotatable bonds is 9. The van der Waals surface area contributed by atoms with Gasteiger partial charge in [0.25, 0.3) is 0 Å². The van der Waals surface area contributed by atoms with Crippen molar-refractivity contribution in [1.82, 2.24) is 15.3 Å². The molecular weight excluding hydrogens is 442 g/mol. The van der Waals surface area contributed by atoms with E-state index < -0.39 is 0 Å². The fourth-order valence-electron chi connectivity index (χ4n) is 6.21. The Bertz CT molecular complexity index is 1270. The Labute approximate surface area is 215 Å². The average molecular weight is 482 g/mol. The lowest BCUT2D eigenvalue weighted by atomic mass is 9.67. The molecule has 0 fully saturated rings. The number of allylic oxidation sites excluding steroid dienone is 2. The molecule has 0 bridgehead atoms. The Kier molecular flexibility index (Phi) is 6.96. The van der Waals surface area contributed by atoms with Crippen molar-refractivity contribution in [2.24, 2.45) is 11.7 Å². The van der Waals surface area contributed by atoms with E-state index in [1.54, 1.807) is 0 Å². The van der Waals surface area contributed by atoms with Gasteiger partial charge in [0.1, 0.15) is 5.82 Å². The second kappa shape index (κ2) is 10.2. The molecule has 0 radical (unpaired) electrons. The highest BCUT2D eigenvalue weighted by atomic mass is 15.0. The molecule has 0 saturated carbocycles. The van der Waals surface area contributed by atoms with E-state index in [4.69, 9.17) is 11.1 Å². The normalized spacial score (nSPS) is 22.7. The van der Waals surface area contributed by atoms with Gasteiger partial charge in [-0.2, -0.15) is 0 Å². The third-order valence-electron chi connectivity index (χ3n) is 8.56. The number of nitrogens with one attached hydrogen (secondary N) is 3. The van der Waals surface area contributed by atoms with Crippen LogP contribution in [0.1, 0.15) is 80.5 Å². The van der Waals surface area contributed by atoms with Gasteiger partial charge in [0.05, 0.1) is 24.1 Å². The molecule has 0 amide bonds. The maximum Gasteiger partial charge on any atom is 0.120 e. The summed E-state index contributed by atoms with van der Waals surface area (Å²) in [6.45, 7) is 9.03. The number of nitrogens with two attached hydrogens (primary N) is 1.